The lowest BCUT2D eigenvalue weighted by Crippen LogP contribution is -2.86. The van der Waals surface area contributed by atoms with E-state index in [0.29, 0.717) is 13.1 Å². The summed E-state index contributed by atoms with van der Waals surface area (Å²) in [5, 5.41) is 10.0. The monoisotopic (exact) mass is 378 g/mol. The summed E-state index contributed by atoms with van der Waals surface area (Å²) in [6.45, 7) is 2.21. The maximum atomic E-state index is 13.0. The van der Waals surface area contributed by atoms with Gasteiger partial charge in [-0.25, -0.2) is 8.42 Å². The van der Waals surface area contributed by atoms with E-state index in [4.69, 9.17) is 0 Å². The van der Waals surface area contributed by atoms with Crippen LogP contribution in [-0.4, -0.2) is 65.7 Å². The van der Waals surface area contributed by atoms with Crippen molar-refractivity contribution in [1.82, 2.24) is 9.21 Å². The minimum Gasteiger partial charge on any atom is -0.394 e. The topological polar surface area (TPSA) is 77.9 Å². The molecule has 0 radical (unpaired) electrons. The van der Waals surface area contributed by atoms with E-state index in [1.54, 1.807) is 6.92 Å². The molecule has 0 unspecified atom stereocenters. The smallest absolute Gasteiger partial charge is 0.226 e. The Morgan fingerprint density at radius 3 is 2.38 bits per heavy atom. The number of benzene rings is 1. The average Bonchev–Trinajstić information content (AvgIpc) is 2.52. The molecule has 1 spiro atoms. The normalized spacial score (nSPS) is 28.3. The van der Waals surface area contributed by atoms with Gasteiger partial charge in [-0.05, 0) is 25.3 Å². The van der Waals surface area contributed by atoms with Crippen molar-refractivity contribution in [2.45, 2.75) is 43.7 Å². The van der Waals surface area contributed by atoms with Crippen LogP contribution in [0, 0.1) is 5.92 Å². The Morgan fingerprint density at radius 2 is 1.88 bits per heavy atom. The highest BCUT2D eigenvalue weighted by Crippen LogP contribution is 2.55. The number of aliphatic hydroxyl groups is 1. The lowest BCUT2D eigenvalue weighted by molar-refractivity contribution is -0.195. The molecule has 1 saturated carbocycles. The van der Waals surface area contributed by atoms with Crippen molar-refractivity contribution in [2.75, 3.05) is 25.4 Å². The van der Waals surface area contributed by atoms with Crippen LogP contribution in [0.2, 0.25) is 0 Å². The van der Waals surface area contributed by atoms with Crippen LogP contribution in [-0.2, 0) is 14.8 Å². The van der Waals surface area contributed by atoms with Crippen molar-refractivity contribution in [1.29, 1.82) is 0 Å². The second kappa shape index (κ2) is 6.32. The third kappa shape index (κ3) is 2.44. The van der Waals surface area contributed by atoms with Crippen molar-refractivity contribution in [3.63, 3.8) is 0 Å². The molecule has 2 aliphatic heterocycles. The maximum absolute atomic E-state index is 13.0. The molecule has 3 fully saturated rings. The molecule has 2 atom stereocenters. The summed E-state index contributed by atoms with van der Waals surface area (Å²) in [5.41, 5.74) is 0.557. The summed E-state index contributed by atoms with van der Waals surface area (Å²) in [6, 6.07) is 9.60. The van der Waals surface area contributed by atoms with Crippen molar-refractivity contribution in [3.05, 3.63) is 35.9 Å². The molecular weight excluding hydrogens is 352 g/mol. The molecule has 1 amide bonds. The number of hydrogen-bond donors (Lipinski definition) is 1. The number of carbonyl (C=O) groups excluding carboxylic acids is 1. The van der Waals surface area contributed by atoms with Crippen molar-refractivity contribution in [2.24, 2.45) is 5.92 Å². The Labute approximate surface area is 154 Å². The van der Waals surface area contributed by atoms with Gasteiger partial charge in [-0.1, -0.05) is 36.8 Å². The van der Waals surface area contributed by atoms with E-state index < -0.39 is 15.6 Å². The average molecular weight is 378 g/mol. The summed E-state index contributed by atoms with van der Waals surface area (Å²) in [7, 11) is -3.27. The van der Waals surface area contributed by atoms with Gasteiger partial charge >= 0.3 is 0 Å². The van der Waals surface area contributed by atoms with Gasteiger partial charge in [-0.3, -0.25) is 4.79 Å². The maximum Gasteiger partial charge on any atom is 0.226 e. The standard InChI is InChI=1S/C19H26N2O4S/c1-2-26(24,25)20-12-19(13-20)17(14-7-4-3-5-8-14)16(11-22)21(19)18(23)15-9-6-10-15/h3-5,7-8,15-17,22H,2,6,9-13H2,1H3/t16-,17-/m1/s1. The molecule has 1 aromatic rings. The van der Waals surface area contributed by atoms with Crippen LogP contribution in [0.3, 0.4) is 0 Å². The Hall–Kier alpha value is -1.44. The van der Waals surface area contributed by atoms with Gasteiger partial charge in [-0.15, -0.1) is 0 Å². The Bertz CT molecular complexity index is 785. The summed E-state index contributed by atoms with van der Waals surface area (Å²) in [4.78, 5) is 14.9. The summed E-state index contributed by atoms with van der Waals surface area (Å²) < 4.78 is 26.0. The molecule has 1 aromatic carbocycles. The summed E-state index contributed by atoms with van der Waals surface area (Å²) in [6.07, 6.45) is 2.87. The first-order valence-electron chi connectivity index (χ1n) is 9.41. The van der Waals surface area contributed by atoms with Crippen LogP contribution < -0.4 is 0 Å². The highest BCUT2D eigenvalue weighted by Gasteiger charge is 2.69. The second-order valence-electron chi connectivity index (χ2n) is 7.75. The van der Waals surface area contributed by atoms with Crippen molar-refractivity contribution >= 4 is 15.9 Å². The highest BCUT2D eigenvalue weighted by atomic mass is 32.2. The molecule has 0 bridgehead atoms. The summed E-state index contributed by atoms with van der Waals surface area (Å²) in [5.74, 6) is 0.172. The van der Waals surface area contributed by atoms with Gasteiger partial charge in [0.05, 0.1) is 23.9 Å². The fraction of sp³-hybridized carbons (Fsp3) is 0.632. The Balaban J connectivity index is 1.67. The third-order valence-corrected chi connectivity index (χ3v) is 8.25. The number of sulfonamides is 1. The molecule has 2 saturated heterocycles. The van der Waals surface area contributed by atoms with Crippen molar-refractivity contribution in [3.8, 4) is 0 Å². The molecule has 3 aliphatic rings. The quantitative estimate of drug-likeness (QED) is 0.835. The summed E-state index contributed by atoms with van der Waals surface area (Å²) >= 11 is 0. The molecule has 26 heavy (non-hydrogen) atoms. The van der Waals surface area contributed by atoms with Crippen molar-refractivity contribution < 1.29 is 18.3 Å². The molecule has 1 N–H and O–H groups in total. The predicted octanol–water partition coefficient (Wildman–Crippen LogP) is 1.18. The first-order chi connectivity index (χ1) is 12.4. The molecule has 4 rings (SSSR count). The van der Waals surface area contributed by atoms with Gasteiger partial charge < -0.3 is 10.0 Å². The fourth-order valence-corrected chi connectivity index (χ4v) is 6.02. The second-order valence-corrected chi connectivity index (χ2v) is 10.0. The van der Waals surface area contributed by atoms with Crippen LogP contribution in [0.25, 0.3) is 0 Å². The minimum atomic E-state index is -3.27. The number of likely N-dealkylation sites (tertiary alicyclic amines) is 1. The van der Waals surface area contributed by atoms with E-state index in [1.165, 1.54) is 4.31 Å². The molecule has 0 aromatic heterocycles. The third-order valence-electron chi connectivity index (χ3n) is 6.47. The number of aliphatic hydroxyl groups excluding tert-OH is 1. The van der Waals surface area contributed by atoms with Crippen LogP contribution in [0.5, 0.6) is 0 Å². The van der Waals surface area contributed by atoms with E-state index >= 15 is 0 Å². The lowest BCUT2D eigenvalue weighted by atomic mass is 9.60. The lowest BCUT2D eigenvalue weighted by Gasteiger charge is -2.70. The molecular formula is C19H26N2O4S. The molecule has 2 heterocycles. The Kier molecular flexibility index (Phi) is 4.36. The molecule has 7 heteroatoms. The van der Waals surface area contributed by atoms with E-state index in [0.717, 1.165) is 24.8 Å². The van der Waals surface area contributed by atoms with Crippen LogP contribution in [0.4, 0.5) is 0 Å². The molecule has 142 valence electrons. The van der Waals surface area contributed by atoms with Crippen LogP contribution >= 0.6 is 0 Å². The largest absolute Gasteiger partial charge is 0.394 e. The minimum absolute atomic E-state index is 0.0268. The van der Waals surface area contributed by atoms with Gasteiger partial charge in [0, 0.05) is 24.9 Å². The Morgan fingerprint density at radius 1 is 1.23 bits per heavy atom. The predicted molar refractivity (Wildman–Crippen MR) is 98.0 cm³/mol. The fourth-order valence-electron chi connectivity index (χ4n) is 4.81. The van der Waals surface area contributed by atoms with Gasteiger partial charge in [-0.2, -0.15) is 4.31 Å². The zero-order valence-electron chi connectivity index (χ0n) is 15.0. The van der Waals surface area contributed by atoms with Gasteiger partial charge in [0.1, 0.15) is 0 Å². The zero-order chi connectivity index (χ0) is 18.5. The SMILES string of the molecule is CCS(=O)(=O)N1CC2(C1)[C@H](c1ccccc1)[C@@H](CO)N2C(=O)C1CCC1. The van der Waals surface area contributed by atoms with Gasteiger partial charge in [0.25, 0.3) is 0 Å². The van der Waals surface area contributed by atoms with E-state index in [1.807, 2.05) is 35.2 Å². The highest BCUT2D eigenvalue weighted by molar-refractivity contribution is 7.89. The first kappa shape index (κ1) is 17.9. The van der Waals surface area contributed by atoms with Gasteiger partial charge in [0.2, 0.25) is 15.9 Å². The van der Waals surface area contributed by atoms with Crippen LogP contribution in [0.15, 0.2) is 30.3 Å². The first-order valence-corrected chi connectivity index (χ1v) is 11.0. The molecule has 6 nitrogen and oxygen atoms in total. The van der Waals surface area contributed by atoms with Crippen LogP contribution in [0.1, 0.15) is 37.7 Å². The van der Waals surface area contributed by atoms with E-state index in [2.05, 4.69) is 0 Å². The number of rotatable bonds is 5. The number of carbonyl (C=O) groups is 1. The zero-order valence-corrected chi connectivity index (χ0v) is 15.9. The van der Waals surface area contributed by atoms with E-state index in [-0.39, 0.29) is 36.1 Å². The van der Waals surface area contributed by atoms with E-state index in [9.17, 15) is 18.3 Å². The molecule has 1 aliphatic carbocycles. The number of hydrogen-bond acceptors (Lipinski definition) is 4. The number of amides is 1. The van der Waals surface area contributed by atoms with Gasteiger partial charge in [0.15, 0.2) is 0 Å². The number of nitrogens with zero attached hydrogens (tertiary/aromatic N) is 2.